The van der Waals surface area contributed by atoms with Crippen LogP contribution in [0.1, 0.15) is 77.6 Å². The van der Waals surface area contributed by atoms with Gasteiger partial charge in [0.05, 0.1) is 6.10 Å². The maximum absolute atomic E-state index is 9.75. The number of hydrogen-bond acceptors (Lipinski definition) is 2. The minimum Gasteiger partial charge on any atom is -0.396 e. The number of allylic oxidation sites excluding steroid dienone is 3. The molecule has 1 fully saturated rings. The molecule has 128 valence electrons. The summed E-state index contributed by atoms with van der Waals surface area (Å²) in [6.45, 7) is 2.53. The third-order valence-corrected chi connectivity index (χ3v) is 4.69. The third kappa shape index (κ3) is 10.2. The first kappa shape index (κ1) is 19.4. The van der Waals surface area contributed by atoms with Crippen molar-refractivity contribution < 1.29 is 10.2 Å². The van der Waals surface area contributed by atoms with Gasteiger partial charge >= 0.3 is 0 Å². The Hall–Kier alpha value is -0.600. The fourth-order valence-electron chi connectivity index (χ4n) is 3.09. The molecule has 2 N–H and O–H groups in total. The molecule has 0 spiro atoms. The van der Waals surface area contributed by atoms with Crippen LogP contribution in [0.2, 0.25) is 0 Å². The highest BCUT2D eigenvalue weighted by molar-refractivity contribution is 5.05. The first-order valence-electron chi connectivity index (χ1n) is 9.40. The Bertz CT molecular complexity index is 309. The van der Waals surface area contributed by atoms with Gasteiger partial charge in [-0.05, 0) is 43.9 Å². The minimum absolute atomic E-state index is 0.275. The lowest BCUT2D eigenvalue weighted by Gasteiger charge is -2.03. The van der Waals surface area contributed by atoms with Crippen molar-refractivity contribution >= 4 is 0 Å². The Morgan fingerprint density at radius 1 is 1.00 bits per heavy atom. The predicted molar refractivity (Wildman–Crippen MR) is 94.8 cm³/mol. The highest BCUT2D eigenvalue weighted by atomic mass is 16.3. The first-order valence-corrected chi connectivity index (χ1v) is 9.40. The van der Waals surface area contributed by atoms with Crippen molar-refractivity contribution in [2.75, 3.05) is 6.61 Å². The minimum atomic E-state index is -0.275. The van der Waals surface area contributed by atoms with Gasteiger partial charge in [0.1, 0.15) is 0 Å². The normalized spacial score (nSPS) is 22.7. The van der Waals surface area contributed by atoms with Gasteiger partial charge in [0, 0.05) is 6.61 Å². The smallest absolute Gasteiger partial charge is 0.0723 e. The van der Waals surface area contributed by atoms with E-state index in [1.165, 1.54) is 44.9 Å². The lowest BCUT2D eigenvalue weighted by atomic mass is 10.1. The van der Waals surface area contributed by atoms with E-state index in [1.54, 1.807) is 0 Å². The Labute approximate surface area is 137 Å². The molecule has 0 heterocycles. The summed E-state index contributed by atoms with van der Waals surface area (Å²) >= 11 is 0. The average molecular weight is 309 g/mol. The van der Waals surface area contributed by atoms with Gasteiger partial charge < -0.3 is 10.2 Å². The molecule has 0 radical (unpaired) electrons. The summed E-state index contributed by atoms with van der Waals surface area (Å²) in [6, 6.07) is 0. The summed E-state index contributed by atoms with van der Waals surface area (Å²) in [4.78, 5) is 0. The molecule has 1 saturated carbocycles. The summed E-state index contributed by atoms with van der Waals surface area (Å²) < 4.78 is 0. The molecule has 1 rings (SSSR count). The molecule has 0 bridgehead atoms. The zero-order chi connectivity index (χ0) is 16.0. The second kappa shape index (κ2) is 12.9. The van der Waals surface area contributed by atoms with Crippen molar-refractivity contribution in [1.82, 2.24) is 0 Å². The monoisotopic (exact) mass is 308 g/mol. The van der Waals surface area contributed by atoms with Gasteiger partial charge in [-0.3, -0.25) is 0 Å². The lowest BCUT2D eigenvalue weighted by molar-refractivity contribution is 0.208. The van der Waals surface area contributed by atoms with E-state index in [1.807, 2.05) is 12.2 Å². The largest absolute Gasteiger partial charge is 0.396 e. The van der Waals surface area contributed by atoms with E-state index in [9.17, 15) is 5.11 Å². The summed E-state index contributed by atoms with van der Waals surface area (Å²) in [6.07, 6.45) is 21.1. The van der Waals surface area contributed by atoms with Crippen molar-refractivity contribution in [3.63, 3.8) is 0 Å². The van der Waals surface area contributed by atoms with Crippen molar-refractivity contribution in [2.24, 2.45) is 11.8 Å². The van der Waals surface area contributed by atoms with Crippen LogP contribution in [0.25, 0.3) is 0 Å². The van der Waals surface area contributed by atoms with Crippen molar-refractivity contribution in [2.45, 2.75) is 83.7 Å². The van der Waals surface area contributed by atoms with Crippen LogP contribution in [0.5, 0.6) is 0 Å². The molecule has 0 aromatic heterocycles. The fourth-order valence-corrected chi connectivity index (χ4v) is 3.09. The summed E-state index contributed by atoms with van der Waals surface area (Å²) in [5.41, 5.74) is 0. The Morgan fingerprint density at radius 3 is 2.59 bits per heavy atom. The molecule has 0 saturated heterocycles. The third-order valence-electron chi connectivity index (χ3n) is 4.69. The van der Waals surface area contributed by atoms with Gasteiger partial charge in [-0.15, -0.1) is 0 Å². The predicted octanol–water partition coefficient (Wildman–Crippen LogP) is 5.01. The number of aliphatic hydroxyl groups excluding tert-OH is 2. The fraction of sp³-hybridized carbons (Fsp3) is 0.800. The molecule has 2 nitrogen and oxygen atoms in total. The van der Waals surface area contributed by atoms with Crippen molar-refractivity contribution in [3.05, 3.63) is 24.3 Å². The van der Waals surface area contributed by atoms with E-state index < -0.39 is 0 Å². The summed E-state index contributed by atoms with van der Waals surface area (Å²) in [7, 11) is 0. The van der Waals surface area contributed by atoms with E-state index in [4.69, 9.17) is 5.11 Å². The Kier molecular flexibility index (Phi) is 11.4. The molecular formula is C20H36O2. The number of rotatable bonds is 14. The Morgan fingerprint density at radius 2 is 1.82 bits per heavy atom. The van der Waals surface area contributed by atoms with Crippen molar-refractivity contribution in [1.29, 1.82) is 0 Å². The average Bonchev–Trinajstić information content (AvgIpc) is 3.26. The zero-order valence-corrected chi connectivity index (χ0v) is 14.4. The molecule has 1 unspecified atom stereocenters. The standard InChI is InChI=1S/C20H36O2/c1-2-3-7-14-20(22)15-10-5-4-8-12-18-17-19(18)13-9-6-11-16-21/h4-5,10,15,18-22H,2-3,6-9,11-14,16-17H2,1H3/t18-,19+,20?/m0/s1. The van der Waals surface area contributed by atoms with E-state index in [2.05, 4.69) is 19.1 Å². The van der Waals surface area contributed by atoms with Gasteiger partial charge in [-0.1, -0.05) is 69.8 Å². The van der Waals surface area contributed by atoms with Gasteiger partial charge in [0.15, 0.2) is 0 Å². The van der Waals surface area contributed by atoms with Crippen molar-refractivity contribution in [3.8, 4) is 0 Å². The maximum atomic E-state index is 9.75. The van der Waals surface area contributed by atoms with E-state index in [0.29, 0.717) is 6.61 Å². The molecule has 3 atom stereocenters. The molecule has 1 aliphatic rings. The van der Waals surface area contributed by atoms with Crippen LogP contribution in [-0.2, 0) is 0 Å². The van der Waals surface area contributed by atoms with E-state index >= 15 is 0 Å². The quantitative estimate of drug-likeness (QED) is 0.350. The topological polar surface area (TPSA) is 40.5 Å². The first-order chi connectivity index (χ1) is 10.8. The maximum Gasteiger partial charge on any atom is 0.0723 e. The van der Waals surface area contributed by atoms with Gasteiger partial charge in [0.2, 0.25) is 0 Å². The molecule has 1 aliphatic carbocycles. The number of unbranched alkanes of at least 4 members (excludes halogenated alkanes) is 4. The second-order valence-corrected chi connectivity index (χ2v) is 6.78. The molecule has 22 heavy (non-hydrogen) atoms. The highest BCUT2D eigenvalue weighted by Gasteiger charge is 2.34. The van der Waals surface area contributed by atoms with Crippen LogP contribution in [0.4, 0.5) is 0 Å². The SMILES string of the molecule is CCCCCC(O)C=CC=CCC[C@H]1C[C@H]1CCCCCO. The van der Waals surface area contributed by atoms with Crippen LogP contribution < -0.4 is 0 Å². The van der Waals surface area contributed by atoms with Crippen LogP contribution in [0.3, 0.4) is 0 Å². The Balaban J connectivity index is 1.94. The van der Waals surface area contributed by atoms with Crippen LogP contribution in [-0.4, -0.2) is 22.9 Å². The van der Waals surface area contributed by atoms with Crippen LogP contribution >= 0.6 is 0 Å². The summed E-state index contributed by atoms with van der Waals surface area (Å²) in [5, 5.41) is 18.5. The molecule has 0 aromatic carbocycles. The number of aliphatic hydroxyl groups is 2. The lowest BCUT2D eigenvalue weighted by Crippen LogP contribution is -2.00. The molecule has 0 aromatic rings. The second-order valence-electron chi connectivity index (χ2n) is 6.78. The van der Waals surface area contributed by atoms with E-state index in [0.717, 1.165) is 37.5 Å². The highest BCUT2D eigenvalue weighted by Crippen LogP contribution is 2.45. The zero-order valence-electron chi connectivity index (χ0n) is 14.4. The molecular weight excluding hydrogens is 272 g/mol. The van der Waals surface area contributed by atoms with Crippen LogP contribution in [0.15, 0.2) is 24.3 Å². The van der Waals surface area contributed by atoms with Gasteiger partial charge in [-0.2, -0.15) is 0 Å². The van der Waals surface area contributed by atoms with Gasteiger partial charge in [-0.25, -0.2) is 0 Å². The van der Waals surface area contributed by atoms with E-state index in [-0.39, 0.29) is 6.10 Å². The molecule has 0 aliphatic heterocycles. The molecule has 2 heteroatoms. The van der Waals surface area contributed by atoms with Gasteiger partial charge in [0.25, 0.3) is 0 Å². The molecule has 0 amide bonds. The summed E-state index contributed by atoms with van der Waals surface area (Å²) in [5.74, 6) is 1.91. The number of hydrogen-bond donors (Lipinski definition) is 2. The van der Waals surface area contributed by atoms with Crippen LogP contribution in [0, 0.1) is 11.8 Å².